The maximum atomic E-state index is 4.71. The molecule has 6 heavy (non-hydrogen) atoms. The van der Waals surface area contributed by atoms with E-state index in [0.29, 0.717) is 6.61 Å². The van der Waals surface area contributed by atoms with Crippen molar-refractivity contribution in [1.29, 1.82) is 0 Å². The first kappa shape index (κ1) is 4.05. The number of hydrogen-bond donors (Lipinski definition) is 0. The first-order valence-electron chi connectivity index (χ1n) is 1.87. The number of hydrogen-bond acceptors (Lipinski definition) is 3. The van der Waals surface area contributed by atoms with Crippen molar-refractivity contribution in [2.75, 3.05) is 6.61 Å². The van der Waals surface area contributed by atoms with Crippen LogP contribution in [0.25, 0.3) is 0 Å². The van der Waals surface area contributed by atoms with E-state index in [0.717, 1.165) is 0 Å². The summed E-state index contributed by atoms with van der Waals surface area (Å²) in [6.45, 7) is 2.17. The molecule has 1 rings (SSSR count). The molecule has 0 aliphatic carbocycles. The lowest BCUT2D eigenvalue weighted by Gasteiger charge is -1.81. The van der Waals surface area contributed by atoms with Gasteiger partial charge in [0.1, 0.15) is 0 Å². The fraction of sp³-hybridized carbons (Fsp3) is 1.00. The third-order valence-corrected chi connectivity index (χ3v) is 0.478. The van der Waals surface area contributed by atoms with Gasteiger partial charge in [-0.05, 0) is 6.92 Å². The molecule has 3 nitrogen and oxygen atoms in total. The quantitative estimate of drug-likeness (QED) is 0.360. The van der Waals surface area contributed by atoms with Crippen molar-refractivity contribution in [1.82, 2.24) is 0 Å². The maximum absolute atomic E-state index is 4.71. The summed E-state index contributed by atoms with van der Waals surface area (Å²) in [5, 5.41) is 0. The predicted octanol–water partition coefficient (Wildman–Crippen LogP) is 0.268. The Morgan fingerprint density at radius 3 is 2.50 bits per heavy atom. The van der Waals surface area contributed by atoms with E-state index in [4.69, 9.17) is 4.74 Å². The molecule has 0 atom stereocenters. The smallest absolute Gasteiger partial charge is 0.327 e. The molecule has 0 amide bonds. The van der Waals surface area contributed by atoms with Gasteiger partial charge in [-0.2, -0.15) is 9.78 Å². The SMILES string of the molecule is CCOC1OO1. The Balaban J connectivity index is 1.88. The van der Waals surface area contributed by atoms with Crippen LogP contribution in [0.1, 0.15) is 6.92 Å². The van der Waals surface area contributed by atoms with E-state index in [1.807, 2.05) is 6.92 Å². The van der Waals surface area contributed by atoms with E-state index < -0.39 is 0 Å². The van der Waals surface area contributed by atoms with Gasteiger partial charge in [0.15, 0.2) is 0 Å². The highest BCUT2D eigenvalue weighted by atomic mass is 17.4. The molecular weight excluding hydrogens is 84.0 g/mol. The number of ether oxygens (including phenoxy) is 1. The van der Waals surface area contributed by atoms with E-state index in [-0.39, 0.29) is 6.48 Å². The molecule has 1 fully saturated rings. The summed E-state index contributed by atoms with van der Waals surface area (Å²) in [4.78, 5) is 8.45. The van der Waals surface area contributed by atoms with E-state index in [1.54, 1.807) is 0 Å². The summed E-state index contributed by atoms with van der Waals surface area (Å²) in [5.41, 5.74) is 0. The molecule has 0 bridgehead atoms. The average molecular weight is 90.1 g/mol. The molecule has 1 aliphatic rings. The number of rotatable bonds is 2. The van der Waals surface area contributed by atoms with Gasteiger partial charge in [-0.15, -0.1) is 0 Å². The molecular formula is C3H6O3. The topological polar surface area (TPSA) is 34.3 Å². The van der Waals surface area contributed by atoms with Crippen molar-refractivity contribution in [3.05, 3.63) is 0 Å². The summed E-state index contributed by atoms with van der Waals surface area (Å²) in [6.07, 6.45) is 0. The fourth-order valence-corrected chi connectivity index (χ4v) is 0.214. The van der Waals surface area contributed by atoms with Crippen LogP contribution in [0.15, 0.2) is 0 Å². The van der Waals surface area contributed by atoms with Crippen molar-refractivity contribution in [2.45, 2.75) is 13.4 Å². The van der Waals surface area contributed by atoms with Crippen LogP contribution in [0.4, 0.5) is 0 Å². The summed E-state index contributed by atoms with van der Waals surface area (Å²) >= 11 is 0. The molecule has 0 radical (unpaired) electrons. The average Bonchev–Trinajstić information content (AvgIpc) is 2.21. The largest absolute Gasteiger partial charge is 0.329 e. The summed E-state index contributed by atoms with van der Waals surface area (Å²) < 4.78 is 4.71. The van der Waals surface area contributed by atoms with Crippen LogP contribution >= 0.6 is 0 Å². The maximum Gasteiger partial charge on any atom is 0.329 e. The van der Waals surface area contributed by atoms with Crippen molar-refractivity contribution >= 4 is 0 Å². The molecule has 0 aromatic rings. The fourth-order valence-electron chi connectivity index (χ4n) is 0.214. The van der Waals surface area contributed by atoms with Crippen molar-refractivity contribution < 1.29 is 14.5 Å². The Morgan fingerprint density at radius 2 is 2.33 bits per heavy atom. The first-order valence-corrected chi connectivity index (χ1v) is 1.87. The Morgan fingerprint density at radius 1 is 1.67 bits per heavy atom. The molecule has 0 saturated carbocycles. The summed E-state index contributed by atoms with van der Waals surface area (Å²) in [6, 6.07) is 0. The van der Waals surface area contributed by atoms with Crippen molar-refractivity contribution in [3.63, 3.8) is 0 Å². The van der Waals surface area contributed by atoms with Gasteiger partial charge in [0.25, 0.3) is 0 Å². The second-order valence-electron chi connectivity index (χ2n) is 0.936. The molecule has 0 N–H and O–H groups in total. The normalized spacial score (nSPS) is 21.5. The highest BCUT2D eigenvalue weighted by Crippen LogP contribution is 2.11. The van der Waals surface area contributed by atoms with Crippen LogP contribution in [0, 0.1) is 0 Å². The molecule has 36 valence electrons. The minimum atomic E-state index is -0.352. The lowest BCUT2D eigenvalue weighted by Crippen LogP contribution is -1.90. The predicted molar refractivity (Wildman–Crippen MR) is 17.6 cm³/mol. The molecule has 0 unspecified atom stereocenters. The second-order valence-corrected chi connectivity index (χ2v) is 0.936. The highest BCUT2D eigenvalue weighted by Gasteiger charge is 2.25. The van der Waals surface area contributed by atoms with Crippen LogP contribution in [0.3, 0.4) is 0 Å². The molecule has 1 heterocycles. The van der Waals surface area contributed by atoms with Crippen LogP contribution in [-0.4, -0.2) is 13.1 Å². The van der Waals surface area contributed by atoms with Gasteiger partial charge in [-0.1, -0.05) is 0 Å². The Kier molecular flexibility index (Phi) is 1.05. The van der Waals surface area contributed by atoms with E-state index in [2.05, 4.69) is 9.78 Å². The zero-order valence-corrected chi connectivity index (χ0v) is 3.51. The zero-order chi connectivity index (χ0) is 4.41. The van der Waals surface area contributed by atoms with Gasteiger partial charge < -0.3 is 4.74 Å². The summed E-state index contributed by atoms with van der Waals surface area (Å²) in [7, 11) is 0. The third-order valence-electron chi connectivity index (χ3n) is 0.478. The van der Waals surface area contributed by atoms with Gasteiger partial charge in [0.05, 0.1) is 0 Å². The molecule has 1 saturated heterocycles. The zero-order valence-electron chi connectivity index (χ0n) is 3.51. The van der Waals surface area contributed by atoms with Gasteiger partial charge in [0.2, 0.25) is 0 Å². The Hall–Kier alpha value is -0.120. The van der Waals surface area contributed by atoms with Crippen LogP contribution in [0.5, 0.6) is 0 Å². The first-order chi connectivity index (χ1) is 2.93. The van der Waals surface area contributed by atoms with Crippen molar-refractivity contribution in [2.24, 2.45) is 0 Å². The van der Waals surface area contributed by atoms with E-state index in [9.17, 15) is 0 Å². The van der Waals surface area contributed by atoms with E-state index in [1.165, 1.54) is 0 Å². The summed E-state index contributed by atoms with van der Waals surface area (Å²) in [5.74, 6) is 0. The molecule has 3 heteroatoms. The monoisotopic (exact) mass is 90.0 g/mol. The molecule has 0 aromatic heterocycles. The van der Waals surface area contributed by atoms with Gasteiger partial charge in [0, 0.05) is 6.61 Å². The van der Waals surface area contributed by atoms with Crippen LogP contribution in [-0.2, 0) is 14.5 Å². The van der Waals surface area contributed by atoms with Crippen molar-refractivity contribution in [3.8, 4) is 0 Å². The molecule has 0 aromatic carbocycles. The lowest BCUT2D eigenvalue weighted by atomic mass is 10.9. The highest BCUT2D eigenvalue weighted by molar-refractivity contribution is 4.20. The second kappa shape index (κ2) is 1.55. The van der Waals surface area contributed by atoms with Crippen LogP contribution in [0.2, 0.25) is 0 Å². The Bertz CT molecular complexity index is 41.3. The standard InChI is InChI=1S/C3H6O3/c1-2-4-3-5-6-3/h3H,2H2,1H3. The van der Waals surface area contributed by atoms with E-state index >= 15 is 0 Å². The molecule has 1 aliphatic heterocycles. The Labute approximate surface area is 35.7 Å². The molecule has 0 spiro atoms. The van der Waals surface area contributed by atoms with Gasteiger partial charge in [-0.25, -0.2) is 0 Å². The minimum Gasteiger partial charge on any atom is -0.327 e. The van der Waals surface area contributed by atoms with Gasteiger partial charge >= 0.3 is 6.48 Å². The third kappa shape index (κ3) is 0.931. The minimum absolute atomic E-state index is 0.352. The lowest BCUT2D eigenvalue weighted by molar-refractivity contribution is 0.0569. The van der Waals surface area contributed by atoms with Crippen LogP contribution < -0.4 is 0 Å². The van der Waals surface area contributed by atoms with Gasteiger partial charge in [-0.3, -0.25) is 0 Å².